The fourth-order valence-corrected chi connectivity index (χ4v) is 11.1. The van der Waals surface area contributed by atoms with Gasteiger partial charge in [0.2, 0.25) is 0 Å². The van der Waals surface area contributed by atoms with Crippen LogP contribution in [0.25, 0.3) is 111 Å². The van der Waals surface area contributed by atoms with E-state index in [-0.39, 0.29) is 5.56 Å². The highest BCUT2D eigenvalue weighted by Gasteiger charge is 2.27. The molecular formula is C69H33N13. The SMILES string of the molecule is Cc1cc(C)nc(-c2c(-n3c4cc(-c5cc(C#N)cc(C#N)c5)ccc4c4ccc(-c5cc(C#N)cc(C#N)c5)cc43)cc(C#N)cc2-n2c3cc(-c4cc(C#N)cc(C#N)c4)ccc3c3ccc(-c4cc(C#N)cc(C#N)c4)cc32)n1. The van der Waals surface area contributed by atoms with Gasteiger partial charge in [-0.15, -0.1) is 0 Å². The summed E-state index contributed by atoms with van der Waals surface area (Å²) in [5.41, 5.74) is 13.4. The molecule has 0 radical (unpaired) electrons. The highest BCUT2D eigenvalue weighted by molar-refractivity contribution is 6.14. The Morgan fingerprint density at radius 1 is 0.268 bits per heavy atom. The van der Waals surface area contributed by atoms with Crippen LogP contribution in [-0.4, -0.2) is 19.1 Å². The number of fused-ring (bicyclic) bond motifs is 6. The van der Waals surface area contributed by atoms with Gasteiger partial charge in [-0.3, -0.25) is 0 Å². The van der Waals surface area contributed by atoms with Crippen molar-refractivity contribution in [2.45, 2.75) is 13.8 Å². The summed E-state index contributed by atoms with van der Waals surface area (Å²) in [6, 6.07) is 69.0. The van der Waals surface area contributed by atoms with Crippen LogP contribution in [0, 0.1) is 116 Å². The van der Waals surface area contributed by atoms with Gasteiger partial charge in [-0.2, -0.15) is 47.4 Å². The van der Waals surface area contributed by atoms with E-state index in [1.54, 1.807) is 60.7 Å². The normalized spacial score (nSPS) is 10.7. The second-order valence-electron chi connectivity index (χ2n) is 19.7. The van der Waals surface area contributed by atoms with Gasteiger partial charge in [0.05, 0.1) is 144 Å². The number of hydrogen-bond donors (Lipinski definition) is 0. The van der Waals surface area contributed by atoms with Crippen molar-refractivity contribution in [2.24, 2.45) is 0 Å². The summed E-state index contributed by atoms with van der Waals surface area (Å²) in [6.07, 6.45) is 0. The molecule has 0 saturated heterocycles. The molecule has 13 nitrogen and oxygen atoms in total. The van der Waals surface area contributed by atoms with Gasteiger partial charge in [0.15, 0.2) is 5.82 Å². The van der Waals surface area contributed by atoms with Crippen LogP contribution in [0.15, 0.2) is 164 Å². The molecular weight excluding hydrogens is 1010 g/mol. The van der Waals surface area contributed by atoms with Crippen LogP contribution < -0.4 is 0 Å². The molecule has 9 aromatic carbocycles. The Morgan fingerprint density at radius 3 is 0.732 bits per heavy atom. The third kappa shape index (κ3) is 8.55. The third-order valence-corrected chi connectivity index (χ3v) is 14.5. The Hall–Kier alpha value is -12.9. The highest BCUT2D eigenvalue weighted by atomic mass is 15.0. The van der Waals surface area contributed by atoms with Gasteiger partial charge in [0, 0.05) is 32.9 Å². The lowest BCUT2D eigenvalue weighted by molar-refractivity contribution is 1.04. The average molecular weight is 1040 g/mol. The summed E-state index contributed by atoms with van der Waals surface area (Å²) in [6.45, 7) is 3.76. The van der Waals surface area contributed by atoms with Crippen LogP contribution >= 0.6 is 0 Å². The van der Waals surface area contributed by atoms with Crippen LogP contribution in [0.2, 0.25) is 0 Å². The minimum Gasteiger partial charge on any atom is -0.308 e. The first kappa shape index (κ1) is 49.9. The first-order valence-electron chi connectivity index (χ1n) is 25.4. The Kier molecular flexibility index (Phi) is 12.1. The topological polar surface area (TPSA) is 250 Å². The second kappa shape index (κ2) is 19.9. The van der Waals surface area contributed by atoms with Crippen molar-refractivity contribution >= 4 is 43.6 Å². The molecule has 0 N–H and O–H groups in total. The summed E-state index contributed by atoms with van der Waals surface area (Å²) in [5, 5.41) is 95.2. The van der Waals surface area contributed by atoms with E-state index in [1.807, 2.05) is 92.7 Å². The Bertz CT molecular complexity index is 4550. The van der Waals surface area contributed by atoms with Gasteiger partial charge in [-0.1, -0.05) is 48.5 Å². The first-order valence-corrected chi connectivity index (χ1v) is 25.4. The summed E-state index contributed by atoms with van der Waals surface area (Å²) < 4.78 is 4.10. The minimum atomic E-state index is 0.254. The van der Waals surface area contributed by atoms with Gasteiger partial charge in [0.25, 0.3) is 0 Å². The number of rotatable bonds is 7. The molecule has 0 aliphatic heterocycles. The van der Waals surface area contributed by atoms with E-state index in [1.165, 1.54) is 24.3 Å². The van der Waals surface area contributed by atoms with Crippen molar-refractivity contribution in [1.82, 2.24) is 19.1 Å². The lowest BCUT2D eigenvalue weighted by Crippen LogP contribution is -2.08. The van der Waals surface area contributed by atoms with Crippen LogP contribution in [0.1, 0.15) is 61.5 Å². The quantitative estimate of drug-likeness (QED) is 0.145. The molecule has 0 amide bonds. The maximum atomic E-state index is 11.3. The predicted octanol–water partition coefficient (Wildman–Crippen LogP) is 14.5. The molecule has 0 fully saturated rings. The summed E-state index contributed by atoms with van der Waals surface area (Å²) in [4.78, 5) is 10.3. The molecule has 0 unspecified atom stereocenters. The molecule has 0 aliphatic carbocycles. The zero-order valence-corrected chi connectivity index (χ0v) is 43.4. The number of nitrogens with zero attached hydrogens (tertiary/aromatic N) is 13. The van der Waals surface area contributed by atoms with Crippen LogP contribution in [0.4, 0.5) is 0 Å². The van der Waals surface area contributed by atoms with Crippen molar-refractivity contribution in [3.63, 3.8) is 0 Å². The fraction of sp³-hybridized carbons (Fsp3) is 0.0290. The van der Waals surface area contributed by atoms with Crippen molar-refractivity contribution in [1.29, 1.82) is 47.4 Å². The van der Waals surface area contributed by atoms with E-state index in [9.17, 15) is 47.4 Å². The van der Waals surface area contributed by atoms with E-state index >= 15 is 0 Å². The van der Waals surface area contributed by atoms with Gasteiger partial charge in [-0.25, -0.2) is 9.97 Å². The van der Waals surface area contributed by atoms with Gasteiger partial charge < -0.3 is 9.13 Å². The zero-order valence-electron chi connectivity index (χ0n) is 43.4. The summed E-state index contributed by atoms with van der Waals surface area (Å²) in [7, 11) is 0. The molecule has 0 bridgehead atoms. The maximum Gasteiger partial charge on any atom is 0.163 e. The van der Waals surface area contributed by atoms with Gasteiger partial charge >= 0.3 is 0 Å². The van der Waals surface area contributed by atoms with E-state index in [0.29, 0.717) is 145 Å². The monoisotopic (exact) mass is 1040 g/mol. The Morgan fingerprint density at radius 2 is 0.500 bits per heavy atom. The van der Waals surface area contributed by atoms with Crippen LogP contribution in [0.5, 0.6) is 0 Å². The Labute approximate surface area is 468 Å². The van der Waals surface area contributed by atoms with Gasteiger partial charge in [0.1, 0.15) is 0 Å². The first-order chi connectivity index (χ1) is 39.9. The number of aryl methyl sites for hydroxylation is 2. The Balaban J connectivity index is 1.27. The van der Waals surface area contributed by atoms with Crippen LogP contribution in [-0.2, 0) is 0 Å². The number of aromatic nitrogens is 4. The van der Waals surface area contributed by atoms with Crippen molar-refractivity contribution in [2.75, 3.05) is 0 Å². The minimum absolute atomic E-state index is 0.254. The molecule has 0 spiro atoms. The molecule has 0 atom stereocenters. The van der Waals surface area contributed by atoms with Crippen molar-refractivity contribution in [3.8, 4) is 122 Å². The number of hydrogen-bond acceptors (Lipinski definition) is 11. The molecule has 12 rings (SSSR count). The molecule has 374 valence electrons. The molecule has 12 aromatic rings. The largest absolute Gasteiger partial charge is 0.308 e. The standard InChI is InChI=1S/C69H33N13/c1-39-11-40(2)80-69(79-39)68-66(81-62-26-50(54-16-41(30-70)12-42(17-54)31-71)3-7-58(62)59-8-4-51(27-63(59)81)55-18-43(32-72)13-44(19-55)33-73)24-49(38-78)25-67(68)82-64-28-52(56-20-45(34-74)14-46(21-56)35-75)5-9-60(64)61-10-6-53(29-65(61)82)57-22-47(36-76)15-48(23-57)37-77/h3-29H,1-2H3. The van der Waals surface area contributed by atoms with Crippen LogP contribution in [0.3, 0.4) is 0 Å². The molecule has 0 aliphatic rings. The van der Waals surface area contributed by atoms with Crippen molar-refractivity contribution < 1.29 is 0 Å². The molecule has 13 heteroatoms. The summed E-state index contributed by atoms with van der Waals surface area (Å²) in [5.74, 6) is 0.318. The smallest absolute Gasteiger partial charge is 0.163 e. The summed E-state index contributed by atoms with van der Waals surface area (Å²) >= 11 is 0. The van der Waals surface area contributed by atoms with E-state index in [4.69, 9.17) is 9.97 Å². The molecule has 3 heterocycles. The van der Waals surface area contributed by atoms with E-state index < -0.39 is 0 Å². The second-order valence-corrected chi connectivity index (χ2v) is 19.7. The maximum absolute atomic E-state index is 11.3. The van der Waals surface area contributed by atoms with E-state index in [2.05, 4.69) is 63.8 Å². The zero-order chi connectivity index (χ0) is 56.9. The number of nitriles is 9. The molecule has 0 saturated carbocycles. The highest BCUT2D eigenvalue weighted by Crippen LogP contribution is 2.45. The average Bonchev–Trinajstić information content (AvgIpc) is 4.14. The lowest BCUT2D eigenvalue weighted by atomic mass is 9.98. The van der Waals surface area contributed by atoms with E-state index in [0.717, 1.165) is 21.5 Å². The van der Waals surface area contributed by atoms with Gasteiger partial charge in [-0.05, 0) is 174 Å². The van der Waals surface area contributed by atoms with Crippen molar-refractivity contribution in [3.05, 3.63) is 225 Å². The lowest BCUT2D eigenvalue weighted by Gasteiger charge is -2.21. The molecule has 3 aromatic heterocycles. The third-order valence-electron chi connectivity index (χ3n) is 14.5. The molecule has 82 heavy (non-hydrogen) atoms. The fourth-order valence-electron chi connectivity index (χ4n) is 11.1. The predicted molar refractivity (Wildman–Crippen MR) is 310 cm³/mol. The number of benzene rings is 9.